The van der Waals surface area contributed by atoms with Crippen molar-refractivity contribution in [3.63, 3.8) is 0 Å². The Bertz CT molecular complexity index is 770. The molecule has 1 aliphatic carbocycles. The van der Waals surface area contributed by atoms with Crippen molar-refractivity contribution >= 4 is 23.5 Å². The number of rotatable bonds is 6. The smallest absolute Gasteiger partial charge is 0.308 e. The zero-order chi connectivity index (χ0) is 17.3. The molecule has 0 radical (unpaired) electrons. The van der Waals surface area contributed by atoms with E-state index in [9.17, 15) is 9.59 Å². The van der Waals surface area contributed by atoms with Crippen LogP contribution in [0.4, 0.5) is 0 Å². The van der Waals surface area contributed by atoms with E-state index in [-0.39, 0.29) is 18.5 Å². The minimum Gasteiger partial charge on any atom is -0.481 e. The number of carboxylic acid groups (broad SMARTS) is 1. The van der Waals surface area contributed by atoms with E-state index in [2.05, 4.69) is 10.2 Å². The first kappa shape index (κ1) is 16.5. The van der Waals surface area contributed by atoms with Crippen molar-refractivity contribution in [3.8, 4) is 11.3 Å². The van der Waals surface area contributed by atoms with Crippen LogP contribution in [0.3, 0.4) is 0 Å². The van der Waals surface area contributed by atoms with Gasteiger partial charge in [0.1, 0.15) is 5.69 Å². The normalized spacial score (nSPS) is 15.1. The third kappa shape index (κ3) is 3.43. The van der Waals surface area contributed by atoms with E-state index >= 15 is 0 Å². The maximum atomic E-state index is 12.7. The molecule has 1 saturated carbocycles. The molecule has 1 amide bonds. The number of hydrogen-bond donors (Lipinski definition) is 2. The molecule has 0 bridgehead atoms. The van der Waals surface area contributed by atoms with Crippen molar-refractivity contribution in [1.82, 2.24) is 15.1 Å². The summed E-state index contributed by atoms with van der Waals surface area (Å²) in [6.07, 6.45) is 1.81. The fourth-order valence-electron chi connectivity index (χ4n) is 2.55. The molecule has 2 aromatic rings. The molecule has 0 unspecified atom stereocenters. The Labute approximate surface area is 144 Å². The molecule has 0 spiro atoms. The molecular formula is C17H18ClN3O3. The maximum absolute atomic E-state index is 12.7. The number of benzene rings is 1. The highest BCUT2D eigenvalue weighted by atomic mass is 35.5. The predicted molar refractivity (Wildman–Crippen MR) is 89.9 cm³/mol. The van der Waals surface area contributed by atoms with E-state index in [4.69, 9.17) is 16.7 Å². The number of aromatic amines is 1. The highest BCUT2D eigenvalue weighted by molar-refractivity contribution is 6.33. The number of aromatic nitrogens is 2. The van der Waals surface area contributed by atoms with E-state index < -0.39 is 11.9 Å². The lowest BCUT2D eigenvalue weighted by Gasteiger charge is -2.23. The Balaban J connectivity index is 1.81. The van der Waals surface area contributed by atoms with Crippen LogP contribution in [0.25, 0.3) is 11.3 Å². The van der Waals surface area contributed by atoms with Crippen LogP contribution in [-0.4, -0.2) is 44.7 Å². The average molecular weight is 348 g/mol. The number of nitrogens with one attached hydrogen (secondary N) is 1. The molecule has 7 heteroatoms. The molecule has 126 valence electrons. The number of carboxylic acids is 1. The molecule has 24 heavy (non-hydrogen) atoms. The molecule has 1 aromatic heterocycles. The molecule has 1 fully saturated rings. The summed E-state index contributed by atoms with van der Waals surface area (Å²) in [6.45, 7) is 1.80. The van der Waals surface area contributed by atoms with Crippen LogP contribution >= 0.6 is 11.6 Å². The van der Waals surface area contributed by atoms with Gasteiger partial charge in [-0.2, -0.15) is 5.10 Å². The Morgan fingerprint density at radius 1 is 1.42 bits per heavy atom. The molecule has 1 aliphatic rings. The standard InChI is InChI=1S/C17H18ClN3O3/c1-10(17(23)24)9-21(11-6-7-11)16(22)15-8-14(19-20-15)12-4-2-3-5-13(12)18/h2-5,8,10-11H,6-7,9H2,1H3,(H,19,20)(H,23,24)/t10-/m0/s1. The van der Waals surface area contributed by atoms with Gasteiger partial charge in [-0.15, -0.1) is 0 Å². The van der Waals surface area contributed by atoms with Crippen LogP contribution in [0.2, 0.25) is 5.02 Å². The summed E-state index contributed by atoms with van der Waals surface area (Å²) in [5, 5.41) is 16.6. The Kier molecular flexibility index (Phi) is 4.57. The first-order valence-corrected chi connectivity index (χ1v) is 8.19. The second-order valence-electron chi connectivity index (χ2n) is 6.07. The largest absolute Gasteiger partial charge is 0.481 e. The minimum atomic E-state index is -0.908. The predicted octanol–water partition coefficient (Wildman–Crippen LogP) is 3.06. The van der Waals surface area contributed by atoms with E-state index in [0.717, 1.165) is 18.4 Å². The molecule has 0 aliphatic heterocycles. The number of amides is 1. The van der Waals surface area contributed by atoms with Gasteiger partial charge in [0, 0.05) is 18.2 Å². The van der Waals surface area contributed by atoms with Crippen molar-refractivity contribution in [2.24, 2.45) is 5.92 Å². The molecular weight excluding hydrogens is 330 g/mol. The number of H-pyrrole nitrogens is 1. The van der Waals surface area contributed by atoms with E-state index in [0.29, 0.717) is 16.4 Å². The molecule has 6 nitrogen and oxygen atoms in total. The first-order chi connectivity index (χ1) is 11.5. The topological polar surface area (TPSA) is 86.3 Å². The summed E-state index contributed by atoms with van der Waals surface area (Å²) >= 11 is 6.16. The Morgan fingerprint density at radius 3 is 2.75 bits per heavy atom. The van der Waals surface area contributed by atoms with Gasteiger partial charge < -0.3 is 10.0 Å². The quantitative estimate of drug-likeness (QED) is 0.840. The zero-order valence-corrected chi connectivity index (χ0v) is 14.0. The average Bonchev–Trinajstić information content (AvgIpc) is 3.28. The fourth-order valence-corrected chi connectivity index (χ4v) is 2.78. The van der Waals surface area contributed by atoms with Gasteiger partial charge in [0.25, 0.3) is 5.91 Å². The second-order valence-corrected chi connectivity index (χ2v) is 6.48. The summed E-state index contributed by atoms with van der Waals surface area (Å²) in [7, 11) is 0. The van der Waals surface area contributed by atoms with Gasteiger partial charge >= 0.3 is 5.97 Å². The van der Waals surface area contributed by atoms with E-state index in [1.54, 1.807) is 24.0 Å². The maximum Gasteiger partial charge on any atom is 0.308 e. The fraction of sp³-hybridized carbons (Fsp3) is 0.353. The summed E-state index contributed by atoms with van der Waals surface area (Å²) in [5.41, 5.74) is 1.67. The molecule has 0 saturated heterocycles. The molecule has 1 aromatic carbocycles. The van der Waals surface area contributed by atoms with Crippen LogP contribution in [0.5, 0.6) is 0 Å². The first-order valence-electron chi connectivity index (χ1n) is 7.81. The van der Waals surface area contributed by atoms with Crippen LogP contribution in [0, 0.1) is 5.92 Å². The Hall–Kier alpha value is -2.34. The van der Waals surface area contributed by atoms with Crippen LogP contribution in [0.1, 0.15) is 30.3 Å². The molecule has 1 heterocycles. The van der Waals surface area contributed by atoms with Crippen LogP contribution < -0.4 is 0 Å². The van der Waals surface area contributed by atoms with Gasteiger partial charge in [-0.1, -0.05) is 36.7 Å². The highest BCUT2D eigenvalue weighted by Gasteiger charge is 2.35. The van der Waals surface area contributed by atoms with Gasteiger partial charge in [-0.25, -0.2) is 0 Å². The number of aliphatic carboxylic acids is 1. The van der Waals surface area contributed by atoms with Gasteiger partial charge in [0.15, 0.2) is 0 Å². The zero-order valence-electron chi connectivity index (χ0n) is 13.2. The minimum absolute atomic E-state index is 0.117. The van der Waals surface area contributed by atoms with Gasteiger partial charge in [0.2, 0.25) is 0 Å². The van der Waals surface area contributed by atoms with E-state index in [1.165, 1.54) is 0 Å². The molecule has 1 atom stereocenters. The van der Waals surface area contributed by atoms with Crippen molar-refractivity contribution in [1.29, 1.82) is 0 Å². The number of nitrogens with zero attached hydrogens (tertiary/aromatic N) is 2. The monoisotopic (exact) mass is 347 g/mol. The summed E-state index contributed by atoms with van der Waals surface area (Å²) in [6, 6.07) is 9.04. The summed E-state index contributed by atoms with van der Waals surface area (Å²) in [4.78, 5) is 25.5. The van der Waals surface area contributed by atoms with Crippen LogP contribution in [-0.2, 0) is 4.79 Å². The number of carbonyl (C=O) groups excluding carboxylic acids is 1. The van der Waals surface area contributed by atoms with Gasteiger partial charge in [0.05, 0.1) is 16.6 Å². The summed E-state index contributed by atoms with van der Waals surface area (Å²) in [5.74, 6) is -1.74. The Morgan fingerprint density at radius 2 is 2.12 bits per heavy atom. The number of hydrogen-bond acceptors (Lipinski definition) is 3. The van der Waals surface area contributed by atoms with Crippen molar-refractivity contribution in [2.45, 2.75) is 25.8 Å². The lowest BCUT2D eigenvalue weighted by molar-refractivity contribution is -0.141. The van der Waals surface area contributed by atoms with Gasteiger partial charge in [-0.3, -0.25) is 14.7 Å². The molecule has 2 N–H and O–H groups in total. The number of halogens is 1. The lowest BCUT2D eigenvalue weighted by Crippen LogP contribution is -2.38. The third-order valence-corrected chi connectivity index (χ3v) is 4.43. The van der Waals surface area contributed by atoms with Crippen molar-refractivity contribution < 1.29 is 14.7 Å². The van der Waals surface area contributed by atoms with Gasteiger partial charge in [-0.05, 0) is 25.0 Å². The van der Waals surface area contributed by atoms with Crippen molar-refractivity contribution in [3.05, 3.63) is 41.0 Å². The van der Waals surface area contributed by atoms with E-state index in [1.807, 2.05) is 18.2 Å². The third-order valence-electron chi connectivity index (χ3n) is 4.10. The lowest BCUT2D eigenvalue weighted by atomic mass is 10.1. The SMILES string of the molecule is C[C@@H](CN(C(=O)c1cc(-c2ccccc2Cl)n[nH]1)C1CC1)C(=O)O. The van der Waals surface area contributed by atoms with Crippen LogP contribution in [0.15, 0.2) is 30.3 Å². The molecule has 3 rings (SSSR count). The number of carbonyl (C=O) groups is 2. The summed E-state index contributed by atoms with van der Waals surface area (Å²) < 4.78 is 0. The van der Waals surface area contributed by atoms with Crippen molar-refractivity contribution in [2.75, 3.05) is 6.54 Å². The second kappa shape index (κ2) is 6.65. The highest BCUT2D eigenvalue weighted by Crippen LogP contribution is 2.30.